The number of aliphatic hydroxyl groups excluding tert-OH is 2. The average Bonchev–Trinajstić information content (AvgIpc) is 2.77. The smallest absolute Gasteiger partial charge is 0.490 e. The van der Waals surface area contributed by atoms with Crippen molar-refractivity contribution in [3.63, 3.8) is 0 Å². The molecule has 3 rings (SSSR count). The number of carbonyl (C=O) groups is 2. The molecule has 0 saturated carbocycles. The van der Waals surface area contributed by atoms with Gasteiger partial charge in [-0.05, 0) is 35.6 Å². The van der Waals surface area contributed by atoms with Gasteiger partial charge in [-0.25, -0.2) is 4.79 Å². The Labute approximate surface area is 181 Å². The standard InChI is InChI=1S/C19H24N2O4.C2HF3O2/c20-18(13-7-9-21(10-8-13)19(25)16(24)11-22)17-14-4-2-1-3-12(14)5-6-15(17)23;3-2(4,5)1(6)7/h1-6,13,16,18,22-24H,7-11,20H2;(H,6,7). The van der Waals surface area contributed by atoms with Gasteiger partial charge in [0.2, 0.25) is 0 Å². The zero-order valence-corrected chi connectivity index (χ0v) is 17.0. The zero-order chi connectivity index (χ0) is 24.1. The van der Waals surface area contributed by atoms with Crippen molar-refractivity contribution < 1.29 is 43.2 Å². The normalized spacial score (nSPS) is 16.8. The summed E-state index contributed by atoms with van der Waals surface area (Å²) in [7, 11) is 0. The quantitative estimate of drug-likeness (QED) is 0.470. The number of phenols is 1. The molecule has 8 nitrogen and oxygen atoms in total. The van der Waals surface area contributed by atoms with Gasteiger partial charge in [-0.2, -0.15) is 13.2 Å². The van der Waals surface area contributed by atoms with Gasteiger partial charge in [-0.15, -0.1) is 0 Å². The molecule has 1 fully saturated rings. The Morgan fingerprint density at radius 3 is 2.22 bits per heavy atom. The predicted molar refractivity (Wildman–Crippen MR) is 109 cm³/mol. The maximum atomic E-state index is 11.9. The van der Waals surface area contributed by atoms with E-state index < -0.39 is 30.8 Å². The van der Waals surface area contributed by atoms with Gasteiger partial charge in [-0.1, -0.05) is 30.3 Å². The first-order valence-corrected chi connectivity index (χ1v) is 9.81. The first-order valence-electron chi connectivity index (χ1n) is 9.81. The SMILES string of the molecule is NC(c1c(O)ccc2ccccc12)C1CCN(C(=O)C(O)CO)CC1.O=C(O)C(F)(F)F. The summed E-state index contributed by atoms with van der Waals surface area (Å²) < 4.78 is 31.7. The van der Waals surface area contributed by atoms with E-state index in [0.29, 0.717) is 25.9 Å². The lowest BCUT2D eigenvalue weighted by molar-refractivity contribution is -0.192. The number of nitrogens with two attached hydrogens (primary N) is 1. The van der Waals surface area contributed by atoms with Crippen molar-refractivity contribution in [2.45, 2.75) is 31.2 Å². The van der Waals surface area contributed by atoms with Crippen molar-refractivity contribution in [1.29, 1.82) is 0 Å². The molecule has 0 radical (unpaired) electrons. The van der Waals surface area contributed by atoms with Crippen molar-refractivity contribution in [2.75, 3.05) is 19.7 Å². The summed E-state index contributed by atoms with van der Waals surface area (Å²) >= 11 is 0. The average molecular weight is 458 g/mol. The Bertz CT molecular complexity index is 945. The van der Waals surface area contributed by atoms with Gasteiger partial charge in [-0.3, -0.25) is 4.79 Å². The van der Waals surface area contributed by atoms with Crippen LogP contribution in [0.3, 0.4) is 0 Å². The summed E-state index contributed by atoms with van der Waals surface area (Å²) in [5, 5.41) is 37.9. The highest BCUT2D eigenvalue weighted by molar-refractivity contribution is 5.88. The Hall–Kier alpha value is -2.89. The number of aromatic hydroxyl groups is 1. The van der Waals surface area contributed by atoms with Crippen molar-refractivity contribution >= 4 is 22.6 Å². The number of phenolic OH excluding ortho intramolecular Hbond substituents is 1. The molecule has 1 saturated heterocycles. The van der Waals surface area contributed by atoms with Gasteiger partial charge in [0.15, 0.2) is 6.10 Å². The van der Waals surface area contributed by atoms with Crippen molar-refractivity contribution in [3.8, 4) is 5.75 Å². The van der Waals surface area contributed by atoms with Crippen LogP contribution in [0.1, 0.15) is 24.4 Å². The molecule has 176 valence electrons. The molecule has 1 amide bonds. The molecule has 2 unspecified atom stereocenters. The van der Waals surface area contributed by atoms with Gasteiger partial charge in [0.05, 0.1) is 6.61 Å². The number of carboxylic acid groups (broad SMARTS) is 1. The number of carboxylic acids is 1. The number of amides is 1. The number of carbonyl (C=O) groups excluding carboxylic acids is 1. The number of benzene rings is 2. The molecular formula is C21H25F3N2O6. The second-order valence-corrected chi connectivity index (χ2v) is 7.41. The molecule has 6 N–H and O–H groups in total. The molecule has 2 aromatic carbocycles. The summed E-state index contributed by atoms with van der Waals surface area (Å²) in [5.41, 5.74) is 7.24. The van der Waals surface area contributed by atoms with Crippen LogP contribution in [0.5, 0.6) is 5.75 Å². The molecule has 0 aliphatic carbocycles. The largest absolute Gasteiger partial charge is 0.508 e. The number of halogens is 3. The van der Waals surface area contributed by atoms with Crippen LogP contribution in [0.4, 0.5) is 13.2 Å². The highest BCUT2D eigenvalue weighted by atomic mass is 19.4. The number of fused-ring (bicyclic) bond motifs is 1. The van der Waals surface area contributed by atoms with Crippen LogP contribution in [0, 0.1) is 5.92 Å². The number of aliphatic carboxylic acids is 1. The topological polar surface area (TPSA) is 144 Å². The third-order valence-electron chi connectivity index (χ3n) is 5.34. The summed E-state index contributed by atoms with van der Waals surface area (Å²) in [6.45, 7) is 0.404. The highest BCUT2D eigenvalue weighted by Crippen LogP contribution is 2.38. The summed E-state index contributed by atoms with van der Waals surface area (Å²) in [6.07, 6.45) is -5.06. The molecule has 11 heteroatoms. The lowest BCUT2D eigenvalue weighted by Gasteiger charge is -2.36. The van der Waals surface area contributed by atoms with Crippen LogP contribution in [0.15, 0.2) is 36.4 Å². The monoisotopic (exact) mass is 458 g/mol. The number of alkyl halides is 3. The van der Waals surface area contributed by atoms with Gasteiger partial charge < -0.3 is 31.1 Å². The van der Waals surface area contributed by atoms with E-state index in [0.717, 1.165) is 16.3 Å². The summed E-state index contributed by atoms with van der Waals surface area (Å²) in [6, 6.07) is 11.0. The molecule has 0 aromatic heterocycles. The minimum atomic E-state index is -5.08. The van der Waals surface area contributed by atoms with E-state index in [1.54, 1.807) is 11.0 Å². The van der Waals surface area contributed by atoms with E-state index in [4.69, 9.17) is 20.7 Å². The van der Waals surface area contributed by atoms with E-state index in [2.05, 4.69) is 0 Å². The zero-order valence-electron chi connectivity index (χ0n) is 17.0. The van der Waals surface area contributed by atoms with Gasteiger partial charge >= 0.3 is 12.1 Å². The number of rotatable bonds is 4. The van der Waals surface area contributed by atoms with E-state index in [-0.39, 0.29) is 17.7 Å². The third-order valence-corrected chi connectivity index (χ3v) is 5.34. The Morgan fingerprint density at radius 1 is 1.12 bits per heavy atom. The van der Waals surface area contributed by atoms with Crippen LogP contribution >= 0.6 is 0 Å². The second kappa shape index (κ2) is 10.6. The number of aliphatic hydroxyl groups is 2. The number of nitrogens with zero attached hydrogens (tertiary/aromatic N) is 1. The molecule has 2 aromatic rings. The van der Waals surface area contributed by atoms with Crippen molar-refractivity contribution in [2.24, 2.45) is 11.7 Å². The van der Waals surface area contributed by atoms with Crippen molar-refractivity contribution in [1.82, 2.24) is 4.90 Å². The first-order chi connectivity index (χ1) is 15.0. The lowest BCUT2D eigenvalue weighted by Crippen LogP contribution is -2.46. The predicted octanol–water partition coefficient (Wildman–Crippen LogP) is 1.77. The molecular weight excluding hydrogens is 433 g/mol. The fourth-order valence-electron chi connectivity index (χ4n) is 3.64. The molecule has 1 aliphatic heterocycles. The number of hydrogen-bond donors (Lipinski definition) is 5. The lowest BCUT2D eigenvalue weighted by atomic mass is 9.83. The molecule has 2 atom stereocenters. The Morgan fingerprint density at radius 2 is 1.69 bits per heavy atom. The van der Waals surface area contributed by atoms with Crippen LogP contribution in [0.2, 0.25) is 0 Å². The second-order valence-electron chi connectivity index (χ2n) is 7.41. The fourth-order valence-corrected chi connectivity index (χ4v) is 3.64. The first kappa shape index (κ1) is 25.4. The van der Waals surface area contributed by atoms with Crippen LogP contribution in [-0.2, 0) is 9.59 Å². The maximum absolute atomic E-state index is 11.9. The van der Waals surface area contributed by atoms with E-state index in [1.807, 2.05) is 30.3 Å². The van der Waals surface area contributed by atoms with Crippen LogP contribution in [-0.4, -0.2) is 69.2 Å². The molecule has 0 bridgehead atoms. The molecule has 0 spiro atoms. The Balaban J connectivity index is 0.000000451. The minimum absolute atomic E-state index is 0.132. The maximum Gasteiger partial charge on any atom is 0.490 e. The Kier molecular flexibility index (Phi) is 8.42. The molecule has 1 heterocycles. The van der Waals surface area contributed by atoms with Gasteiger partial charge in [0.25, 0.3) is 5.91 Å². The third kappa shape index (κ3) is 6.09. The van der Waals surface area contributed by atoms with E-state index in [9.17, 15) is 28.2 Å². The number of likely N-dealkylation sites (tertiary alicyclic amines) is 1. The van der Waals surface area contributed by atoms with E-state index >= 15 is 0 Å². The van der Waals surface area contributed by atoms with Crippen LogP contribution in [0.25, 0.3) is 10.8 Å². The fraction of sp³-hybridized carbons (Fsp3) is 0.429. The molecule has 32 heavy (non-hydrogen) atoms. The van der Waals surface area contributed by atoms with E-state index in [1.165, 1.54) is 0 Å². The van der Waals surface area contributed by atoms with Crippen LogP contribution < -0.4 is 5.73 Å². The molecule has 1 aliphatic rings. The summed E-state index contributed by atoms with van der Waals surface area (Å²) in [4.78, 5) is 22.4. The number of hydrogen-bond acceptors (Lipinski definition) is 6. The van der Waals surface area contributed by atoms with Crippen molar-refractivity contribution in [3.05, 3.63) is 42.0 Å². The minimum Gasteiger partial charge on any atom is -0.508 e. The summed E-state index contributed by atoms with van der Waals surface area (Å²) in [5.74, 6) is -2.87. The van der Waals surface area contributed by atoms with Gasteiger partial charge in [0, 0.05) is 24.7 Å². The number of piperidine rings is 1. The van der Waals surface area contributed by atoms with Gasteiger partial charge in [0.1, 0.15) is 5.75 Å². The highest BCUT2D eigenvalue weighted by Gasteiger charge is 2.38.